The van der Waals surface area contributed by atoms with E-state index in [0.717, 1.165) is 9.47 Å². The molecule has 2 N–H and O–H groups in total. The molecule has 1 amide bonds. The fourth-order valence-electron chi connectivity index (χ4n) is 2.15. The Kier molecular flexibility index (Phi) is 4.30. The van der Waals surface area contributed by atoms with Crippen molar-refractivity contribution in [1.82, 2.24) is 19.4 Å². The maximum Gasteiger partial charge on any atom is 0.329 e. The van der Waals surface area contributed by atoms with Crippen LogP contribution in [0.3, 0.4) is 0 Å². The molecule has 0 aromatic carbocycles. The molecule has 0 aliphatic carbocycles. The summed E-state index contributed by atoms with van der Waals surface area (Å²) in [5.74, 6) is -1.69. The first-order valence-electron chi connectivity index (χ1n) is 6.84. The van der Waals surface area contributed by atoms with Gasteiger partial charge in [-0.25, -0.2) is 9.78 Å². The Bertz CT molecular complexity index is 896. The predicted octanol–water partition coefficient (Wildman–Crippen LogP) is -0.443. The second kappa shape index (κ2) is 6.03. The van der Waals surface area contributed by atoms with Crippen LogP contribution in [0.15, 0.2) is 21.9 Å². The molecule has 0 spiro atoms. The number of carboxylic acids is 1. The molecule has 0 saturated carbocycles. The standard InChI is InChI=1S/C14H16N4O5/c1-7(2)18(6-10(19)20)13(22)8-4-9-11(15-5-8)17(3)14(23)16-12(9)21/h4-5,7H,6H2,1-3H3,(H,19,20)(H,16,21,23). The van der Waals surface area contributed by atoms with Crippen LogP contribution in [0.1, 0.15) is 24.2 Å². The maximum atomic E-state index is 12.5. The molecule has 2 rings (SSSR count). The molecule has 0 aliphatic heterocycles. The highest BCUT2D eigenvalue weighted by Gasteiger charge is 2.22. The highest BCUT2D eigenvalue weighted by Crippen LogP contribution is 2.11. The van der Waals surface area contributed by atoms with Crippen LogP contribution in [0.25, 0.3) is 11.0 Å². The van der Waals surface area contributed by atoms with Gasteiger partial charge in [0, 0.05) is 19.3 Å². The summed E-state index contributed by atoms with van der Waals surface area (Å²) in [5, 5.41) is 8.99. The summed E-state index contributed by atoms with van der Waals surface area (Å²) in [6, 6.07) is 0.966. The Morgan fingerprint density at radius 3 is 2.61 bits per heavy atom. The number of aromatic amines is 1. The molecular weight excluding hydrogens is 304 g/mol. The van der Waals surface area contributed by atoms with Crippen molar-refractivity contribution in [2.24, 2.45) is 7.05 Å². The molecule has 23 heavy (non-hydrogen) atoms. The molecule has 2 heterocycles. The molecule has 0 radical (unpaired) electrons. The first kappa shape index (κ1) is 16.4. The molecule has 0 aliphatic rings. The van der Waals surface area contributed by atoms with Gasteiger partial charge in [-0.1, -0.05) is 0 Å². The normalized spacial score (nSPS) is 11.0. The fourth-order valence-corrected chi connectivity index (χ4v) is 2.15. The van der Waals surface area contributed by atoms with Crippen molar-refractivity contribution in [3.8, 4) is 0 Å². The summed E-state index contributed by atoms with van der Waals surface area (Å²) in [6.45, 7) is 2.91. The number of pyridine rings is 1. The van der Waals surface area contributed by atoms with Crippen molar-refractivity contribution < 1.29 is 14.7 Å². The number of aryl methyl sites for hydroxylation is 1. The summed E-state index contributed by atoms with van der Waals surface area (Å²) in [4.78, 5) is 54.0. The van der Waals surface area contributed by atoms with Gasteiger partial charge in [-0.3, -0.25) is 23.9 Å². The Morgan fingerprint density at radius 1 is 1.39 bits per heavy atom. The molecule has 0 bridgehead atoms. The monoisotopic (exact) mass is 320 g/mol. The second-order valence-electron chi connectivity index (χ2n) is 5.33. The molecule has 0 saturated heterocycles. The minimum atomic E-state index is -1.14. The topological polar surface area (TPSA) is 125 Å². The van der Waals surface area contributed by atoms with E-state index in [1.54, 1.807) is 13.8 Å². The lowest BCUT2D eigenvalue weighted by atomic mass is 10.2. The van der Waals surface area contributed by atoms with Crippen LogP contribution in [0, 0.1) is 0 Å². The Labute approximate surface area is 130 Å². The number of rotatable bonds is 4. The predicted molar refractivity (Wildman–Crippen MR) is 81.4 cm³/mol. The number of carboxylic acid groups (broad SMARTS) is 1. The largest absolute Gasteiger partial charge is 0.480 e. The Hall–Kier alpha value is -2.97. The third-order valence-corrected chi connectivity index (χ3v) is 3.39. The van der Waals surface area contributed by atoms with Crippen molar-refractivity contribution in [1.29, 1.82) is 0 Å². The number of nitrogens with zero attached hydrogens (tertiary/aromatic N) is 3. The third kappa shape index (κ3) is 3.12. The molecule has 9 nitrogen and oxygen atoms in total. The number of aliphatic carboxylic acids is 1. The highest BCUT2D eigenvalue weighted by atomic mass is 16.4. The van der Waals surface area contributed by atoms with E-state index < -0.39 is 29.7 Å². The highest BCUT2D eigenvalue weighted by molar-refractivity contribution is 5.98. The van der Waals surface area contributed by atoms with Crippen molar-refractivity contribution in [2.75, 3.05) is 6.54 Å². The van der Waals surface area contributed by atoms with Gasteiger partial charge >= 0.3 is 11.7 Å². The molecule has 9 heteroatoms. The van der Waals surface area contributed by atoms with Crippen molar-refractivity contribution in [3.05, 3.63) is 38.7 Å². The average molecular weight is 320 g/mol. The van der Waals surface area contributed by atoms with Crippen LogP contribution in [0.2, 0.25) is 0 Å². The van der Waals surface area contributed by atoms with Gasteiger partial charge in [-0.05, 0) is 19.9 Å². The van der Waals surface area contributed by atoms with Crippen LogP contribution in [-0.4, -0.2) is 49.0 Å². The zero-order chi connectivity index (χ0) is 17.3. The quantitative estimate of drug-likeness (QED) is 0.786. The van der Waals surface area contributed by atoms with Gasteiger partial charge in [0.15, 0.2) is 0 Å². The van der Waals surface area contributed by atoms with Gasteiger partial charge in [0.2, 0.25) is 0 Å². The lowest BCUT2D eigenvalue weighted by Gasteiger charge is -2.24. The van der Waals surface area contributed by atoms with E-state index in [-0.39, 0.29) is 22.6 Å². The van der Waals surface area contributed by atoms with E-state index >= 15 is 0 Å². The second-order valence-corrected chi connectivity index (χ2v) is 5.33. The number of H-pyrrole nitrogens is 1. The molecule has 122 valence electrons. The molecule has 0 atom stereocenters. The van der Waals surface area contributed by atoms with Crippen LogP contribution in [0.4, 0.5) is 0 Å². The molecular formula is C14H16N4O5. The summed E-state index contributed by atoms with van der Waals surface area (Å²) in [5.41, 5.74) is -1.04. The van der Waals surface area contributed by atoms with Crippen molar-refractivity contribution in [2.45, 2.75) is 19.9 Å². The zero-order valence-corrected chi connectivity index (χ0v) is 12.9. The number of fused-ring (bicyclic) bond motifs is 1. The van der Waals surface area contributed by atoms with E-state index in [9.17, 15) is 19.2 Å². The van der Waals surface area contributed by atoms with Gasteiger partial charge in [-0.15, -0.1) is 0 Å². The van der Waals surface area contributed by atoms with Crippen LogP contribution in [0.5, 0.6) is 0 Å². The Balaban J connectivity index is 2.56. The van der Waals surface area contributed by atoms with Crippen LogP contribution < -0.4 is 11.2 Å². The van der Waals surface area contributed by atoms with Crippen LogP contribution in [-0.2, 0) is 11.8 Å². The number of carbonyl (C=O) groups is 2. The number of amides is 1. The van der Waals surface area contributed by atoms with E-state index in [0.29, 0.717) is 0 Å². The van der Waals surface area contributed by atoms with Crippen molar-refractivity contribution >= 4 is 22.9 Å². The third-order valence-electron chi connectivity index (χ3n) is 3.39. The van der Waals surface area contributed by atoms with E-state index in [1.165, 1.54) is 19.3 Å². The lowest BCUT2D eigenvalue weighted by Crippen LogP contribution is -2.40. The molecule has 2 aromatic rings. The number of carbonyl (C=O) groups excluding carboxylic acids is 1. The minimum absolute atomic E-state index is 0.0802. The van der Waals surface area contributed by atoms with E-state index in [1.807, 2.05) is 0 Å². The van der Waals surface area contributed by atoms with Crippen molar-refractivity contribution in [3.63, 3.8) is 0 Å². The summed E-state index contributed by atoms with van der Waals surface area (Å²) in [7, 11) is 1.44. The fraction of sp³-hybridized carbons (Fsp3) is 0.357. The lowest BCUT2D eigenvalue weighted by molar-refractivity contribution is -0.138. The summed E-state index contributed by atoms with van der Waals surface area (Å²) < 4.78 is 1.16. The van der Waals surface area contributed by atoms with Gasteiger partial charge in [0.05, 0.1) is 10.9 Å². The van der Waals surface area contributed by atoms with Gasteiger partial charge in [0.1, 0.15) is 12.2 Å². The molecule has 2 aromatic heterocycles. The van der Waals surface area contributed by atoms with Crippen LogP contribution >= 0.6 is 0 Å². The van der Waals surface area contributed by atoms with Gasteiger partial charge in [-0.2, -0.15) is 0 Å². The average Bonchev–Trinajstić information content (AvgIpc) is 2.49. The summed E-state index contributed by atoms with van der Waals surface area (Å²) >= 11 is 0. The van der Waals surface area contributed by atoms with E-state index in [4.69, 9.17) is 5.11 Å². The Morgan fingerprint density at radius 2 is 2.04 bits per heavy atom. The number of aromatic nitrogens is 3. The smallest absolute Gasteiger partial charge is 0.329 e. The minimum Gasteiger partial charge on any atom is -0.480 e. The number of nitrogens with one attached hydrogen (secondary N) is 1. The first-order chi connectivity index (χ1) is 10.7. The number of hydrogen-bond acceptors (Lipinski definition) is 5. The maximum absolute atomic E-state index is 12.5. The SMILES string of the molecule is CC(C)N(CC(=O)O)C(=O)c1cnc2c(c1)c(=O)[nH]c(=O)n2C. The van der Waals surface area contributed by atoms with Gasteiger partial charge < -0.3 is 10.0 Å². The summed E-state index contributed by atoms with van der Waals surface area (Å²) in [6.07, 6.45) is 1.22. The number of hydrogen-bond donors (Lipinski definition) is 2. The molecule has 0 unspecified atom stereocenters. The first-order valence-corrected chi connectivity index (χ1v) is 6.84. The molecule has 0 fully saturated rings. The zero-order valence-electron chi connectivity index (χ0n) is 12.9. The van der Waals surface area contributed by atoms with E-state index in [2.05, 4.69) is 9.97 Å². The van der Waals surface area contributed by atoms with Gasteiger partial charge in [0.25, 0.3) is 11.5 Å².